The summed E-state index contributed by atoms with van der Waals surface area (Å²) in [7, 11) is 0. The molecule has 0 amide bonds. The topological polar surface area (TPSA) is 43.1 Å². The predicted molar refractivity (Wildman–Crippen MR) is 28.6 cm³/mol. The highest BCUT2D eigenvalue weighted by molar-refractivity contribution is 5.71. The third-order valence-corrected chi connectivity index (χ3v) is 0.576. The molecule has 0 aromatic carbocycles. The fraction of sp³-hybridized carbons (Fsp3) is 0.400. The maximum Gasteiger partial charge on any atom is 0.165 e. The summed E-state index contributed by atoms with van der Waals surface area (Å²) in [6.45, 7) is 1.93. The van der Waals surface area contributed by atoms with E-state index in [0.29, 0.717) is 12.0 Å². The van der Waals surface area contributed by atoms with Gasteiger partial charge in [-0.1, -0.05) is 13.0 Å². The van der Waals surface area contributed by atoms with Gasteiger partial charge in [-0.2, -0.15) is 0 Å². The molecular formula is C5H9NO. The zero-order chi connectivity index (χ0) is 5.70. The Balaban J connectivity index is 3.49. The zero-order valence-corrected chi connectivity index (χ0v) is 4.35. The summed E-state index contributed by atoms with van der Waals surface area (Å²) in [5.41, 5.74) is 5.40. The highest BCUT2D eigenvalue weighted by Crippen LogP contribution is 1.80. The lowest BCUT2D eigenvalue weighted by Crippen LogP contribution is -1.96. The molecule has 2 heteroatoms. The van der Waals surface area contributed by atoms with E-state index in [2.05, 4.69) is 0 Å². The minimum atomic E-state index is 0.322. The van der Waals surface area contributed by atoms with Gasteiger partial charge in [0, 0.05) is 0 Å². The van der Waals surface area contributed by atoms with Gasteiger partial charge in [0.2, 0.25) is 0 Å². The fourth-order valence-electron chi connectivity index (χ4n) is 0.284. The Hall–Kier alpha value is -0.790. The molecule has 0 saturated carbocycles. The van der Waals surface area contributed by atoms with Gasteiger partial charge in [-0.3, -0.25) is 4.79 Å². The molecule has 0 aliphatic rings. The standard InChI is InChI=1S/C5H9NO/c1-2-3-5(6)4-7/h3-4H,2,6H2,1H3/b5-3-. The van der Waals surface area contributed by atoms with Crippen LogP contribution in [-0.4, -0.2) is 6.29 Å². The number of allylic oxidation sites excluding steroid dienone is 2. The van der Waals surface area contributed by atoms with E-state index < -0.39 is 0 Å². The number of hydrogen-bond acceptors (Lipinski definition) is 2. The van der Waals surface area contributed by atoms with Crippen LogP contribution in [0.4, 0.5) is 0 Å². The van der Waals surface area contributed by atoms with E-state index in [-0.39, 0.29) is 0 Å². The molecule has 0 aliphatic carbocycles. The van der Waals surface area contributed by atoms with Gasteiger partial charge in [0.25, 0.3) is 0 Å². The fourth-order valence-corrected chi connectivity index (χ4v) is 0.284. The summed E-state index contributed by atoms with van der Waals surface area (Å²) in [6.07, 6.45) is 3.14. The van der Waals surface area contributed by atoms with Crippen LogP contribution in [0.15, 0.2) is 11.8 Å². The molecule has 0 atom stereocenters. The van der Waals surface area contributed by atoms with Gasteiger partial charge < -0.3 is 5.73 Å². The Bertz CT molecular complexity index is 86.1. The molecule has 0 fully saturated rings. The second kappa shape index (κ2) is 3.40. The Morgan fingerprint density at radius 2 is 2.43 bits per heavy atom. The van der Waals surface area contributed by atoms with Crippen molar-refractivity contribution in [2.75, 3.05) is 0 Å². The van der Waals surface area contributed by atoms with Crippen molar-refractivity contribution in [2.45, 2.75) is 13.3 Å². The average molecular weight is 99.1 g/mol. The number of hydrogen-bond donors (Lipinski definition) is 1. The molecule has 0 spiro atoms. The molecule has 0 aromatic rings. The van der Waals surface area contributed by atoms with Crippen LogP contribution in [0.1, 0.15) is 13.3 Å². The van der Waals surface area contributed by atoms with Gasteiger partial charge in [-0.05, 0) is 6.42 Å². The Kier molecular flexibility index (Phi) is 3.02. The highest BCUT2D eigenvalue weighted by atomic mass is 16.1. The van der Waals surface area contributed by atoms with Crippen LogP contribution in [-0.2, 0) is 4.79 Å². The molecule has 0 heterocycles. The minimum Gasteiger partial charge on any atom is -0.396 e. The van der Waals surface area contributed by atoms with Crippen molar-refractivity contribution in [3.05, 3.63) is 11.8 Å². The molecule has 2 N–H and O–H groups in total. The first-order chi connectivity index (χ1) is 3.31. The first-order valence-corrected chi connectivity index (χ1v) is 2.22. The Labute approximate surface area is 43.0 Å². The van der Waals surface area contributed by atoms with E-state index in [0.717, 1.165) is 6.42 Å². The molecule has 0 bridgehead atoms. The molecular weight excluding hydrogens is 90.1 g/mol. The second-order valence-corrected chi connectivity index (χ2v) is 1.23. The van der Waals surface area contributed by atoms with E-state index in [1.54, 1.807) is 6.08 Å². The molecule has 40 valence electrons. The highest BCUT2D eigenvalue weighted by Gasteiger charge is 1.76. The van der Waals surface area contributed by atoms with Gasteiger partial charge in [0.15, 0.2) is 6.29 Å². The van der Waals surface area contributed by atoms with Gasteiger partial charge in [0.05, 0.1) is 5.70 Å². The molecule has 0 aliphatic heterocycles. The van der Waals surface area contributed by atoms with Crippen LogP contribution >= 0.6 is 0 Å². The van der Waals surface area contributed by atoms with Gasteiger partial charge in [-0.15, -0.1) is 0 Å². The lowest BCUT2D eigenvalue weighted by atomic mass is 10.4. The summed E-state index contributed by atoms with van der Waals surface area (Å²) < 4.78 is 0. The zero-order valence-electron chi connectivity index (χ0n) is 4.35. The Morgan fingerprint density at radius 3 is 2.57 bits per heavy atom. The Morgan fingerprint density at radius 1 is 1.86 bits per heavy atom. The summed E-state index contributed by atoms with van der Waals surface area (Å²) in [6, 6.07) is 0. The van der Waals surface area contributed by atoms with Crippen LogP contribution < -0.4 is 5.73 Å². The maximum atomic E-state index is 9.70. The van der Waals surface area contributed by atoms with Crippen molar-refractivity contribution in [2.24, 2.45) is 5.73 Å². The molecule has 0 radical (unpaired) electrons. The van der Waals surface area contributed by atoms with E-state index >= 15 is 0 Å². The summed E-state index contributed by atoms with van der Waals surface area (Å²) in [5.74, 6) is 0. The number of nitrogens with two attached hydrogens (primary N) is 1. The lowest BCUT2D eigenvalue weighted by Gasteiger charge is -1.80. The van der Waals surface area contributed by atoms with Gasteiger partial charge in [-0.25, -0.2) is 0 Å². The van der Waals surface area contributed by atoms with Crippen molar-refractivity contribution >= 4 is 6.29 Å². The molecule has 2 nitrogen and oxygen atoms in total. The molecule has 0 rings (SSSR count). The second-order valence-electron chi connectivity index (χ2n) is 1.23. The minimum absolute atomic E-state index is 0.322. The van der Waals surface area contributed by atoms with Crippen LogP contribution in [0.3, 0.4) is 0 Å². The SMILES string of the molecule is CC/C=C(\N)C=O. The van der Waals surface area contributed by atoms with E-state index in [1.807, 2.05) is 6.92 Å². The van der Waals surface area contributed by atoms with Crippen LogP contribution in [0, 0.1) is 0 Å². The number of rotatable bonds is 2. The van der Waals surface area contributed by atoms with E-state index in [1.165, 1.54) is 0 Å². The summed E-state index contributed by atoms with van der Waals surface area (Å²) in [5, 5.41) is 0. The molecule has 0 unspecified atom stereocenters. The largest absolute Gasteiger partial charge is 0.396 e. The smallest absolute Gasteiger partial charge is 0.165 e. The van der Waals surface area contributed by atoms with Gasteiger partial charge >= 0.3 is 0 Å². The van der Waals surface area contributed by atoms with Crippen molar-refractivity contribution in [3.63, 3.8) is 0 Å². The summed E-state index contributed by atoms with van der Waals surface area (Å²) in [4.78, 5) is 9.70. The maximum absolute atomic E-state index is 9.70. The van der Waals surface area contributed by atoms with E-state index in [9.17, 15) is 4.79 Å². The molecule has 0 aromatic heterocycles. The number of carbonyl (C=O) groups excluding carboxylic acids is 1. The summed E-state index contributed by atoms with van der Waals surface area (Å²) >= 11 is 0. The van der Waals surface area contributed by atoms with Crippen LogP contribution in [0.2, 0.25) is 0 Å². The predicted octanol–water partition coefficient (Wildman–Crippen LogP) is 0.438. The van der Waals surface area contributed by atoms with Crippen LogP contribution in [0.5, 0.6) is 0 Å². The molecule has 7 heavy (non-hydrogen) atoms. The van der Waals surface area contributed by atoms with Crippen molar-refractivity contribution < 1.29 is 4.79 Å². The normalized spacial score (nSPS) is 11.3. The molecule has 0 saturated heterocycles. The van der Waals surface area contributed by atoms with Crippen molar-refractivity contribution in [3.8, 4) is 0 Å². The monoisotopic (exact) mass is 99.1 g/mol. The van der Waals surface area contributed by atoms with Crippen molar-refractivity contribution in [1.82, 2.24) is 0 Å². The number of aldehydes is 1. The van der Waals surface area contributed by atoms with Crippen LogP contribution in [0.25, 0.3) is 0 Å². The first-order valence-electron chi connectivity index (χ1n) is 2.22. The lowest BCUT2D eigenvalue weighted by molar-refractivity contribution is -0.105. The average Bonchev–Trinajstić information content (AvgIpc) is 1.68. The number of carbonyl (C=O) groups is 1. The van der Waals surface area contributed by atoms with Gasteiger partial charge in [0.1, 0.15) is 0 Å². The first kappa shape index (κ1) is 6.21. The third kappa shape index (κ3) is 3.03. The quantitative estimate of drug-likeness (QED) is 0.403. The van der Waals surface area contributed by atoms with E-state index in [4.69, 9.17) is 5.73 Å². The van der Waals surface area contributed by atoms with Crippen molar-refractivity contribution in [1.29, 1.82) is 0 Å². The third-order valence-electron chi connectivity index (χ3n) is 0.576.